The normalized spacial score (nSPS) is 11.3. The van der Waals surface area contributed by atoms with Crippen LogP contribution in [0.5, 0.6) is 0 Å². The van der Waals surface area contributed by atoms with Gasteiger partial charge in [0.1, 0.15) is 11.2 Å². The minimum absolute atomic E-state index is 0.922. The van der Waals surface area contributed by atoms with Crippen molar-refractivity contribution in [1.29, 1.82) is 0 Å². The van der Waals surface area contributed by atoms with Crippen LogP contribution in [-0.4, -0.2) is 0 Å². The molecule has 0 bridgehead atoms. The molecule has 0 atom stereocenters. The number of hydrogen-bond donors (Lipinski definition) is 0. The first-order valence-corrected chi connectivity index (χ1v) is 18.4. The van der Waals surface area contributed by atoms with Gasteiger partial charge in [-0.25, -0.2) is 0 Å². The van der Waals surface area contributed by atoms with E-state index in [-0.39, 0.29) is 0 Å². The first kappa shape index (κ1) is 31.6. The zero-order valence-corrected chi connectivity index (χ0v) is 29.6. The highest BCUT2D eigenvalue weighted by molar-refractivity contribution is 6.19. The SMILES string of the molecule is c1ccc(-c2ccc(N(c3ccccc3)c3ccc(-c4ccc(-c5ccc6c(ccc7oc8ccccc8c76)c5)cc4-c4ccccc4)cc3)cc2)cc1. The van der Waals surface area contributed by atoms with Crippen LogP contribution in [0.15, 0.2) is 217 Å². The van der Waals surface area contributed by atoms with Gasteiger partial charge in [-0.05, 0) is 116 Å². The van der Waals surface area contributed by atoms with E-state index in [1.807, 2.05) is 12.1 Å². The zero-order valence-electron chi connectivity index (χ0n) is 29.6. The van der Waals surface area contributed by atoms with E-state index in [1.54, 1.807) is 0 Å². The number of para-hydroxylation sites is 2. The van der Waals surface area contributed by atoms with Crippen LogP contribution in [0.1, 0.15) is 0 Å². The Morgan fingerprint density at radius 3 is 1.54 bits per heavy atom. The largest absolute Gasteiger partial charge is 0.456 e. The molecule has 0 aliphatic rings. The summed E-state index contributed by atoms with van der Waals surface area (Å²) in [5.74, 6) is 0. The molecule has 10 rings (SSSR count). The summed E-state index contributed by atoms with van der Waals surface area (Å²) in [7, 11) is 0. The fourth-order valence-corrected chi connectivity index (χ4v) is 7.81. The predicted octanol–water partition coefficient (Wildman–Crippen LogP) is 14.9. The van der Waals surface area contributed by atoms with Gasteiger partial charge in [-0.1, -0.05) is 152 Å². The van der Waals surface area contributed by atoms with Crippen molar-refractivity contribution in [3.63, 3.8) is 0 Å². The second kappa shape index (κ2) is 13.4. The summed E-state index contributed by atoms with van der Waals surface area (Å²) < 4.78 is 6.18. The molecule has 2 heteroatoms. The molecule has 1 aromatic heterocycles. The lowest BCUT2D eigenvalue weighted by Crippen LogP contribution is -2.09. The van der Waals surface area contributed by atoms with Crippen LogP contribution in [0.3, 0.4) is 0 Å². The summed E-state index contributed by atoms with van der Waals surface area (Å²) in [5.41, 5.74) is 14.7. The van der Waals surface area contributed by atoms with Crippen LogP contribution >= 0.6 is 0 Å². The van der Waals surface area contributed by atoms with Gasteiger partial charge in [0.2, 0.25) is 0 Å². The number of furan rings is 1. The molecule has 254 valence electrons. The highest BCUT2D eigenvalue weighted by Crippen LogP contribution is 2.41. The van der Waals surface area contributed by atoms with E-state index in [0.717, 1.165) is 33.6 Å². The molecule has 0 unspecified atom stereocenters. The lowest BCUT2D eigenvalue weighted by Gasteiger charge is -2.26. The van der Waals surface area contributed by atoms with Gasteiger partial charge in [-0.15, -0.1) is 0 Å². The Hall–Kier alpha value is -7.16. The van der Waals surface area contributed by atoms with Gasteiger partial charge in [0.05, 0.1) is 0 Å². The van der Waals surface area contributed by atoms with Gasteiger partial charge in [0.15, 0.2) is 0 Å². The number of rotatable bonds is 7. The number of hydrogen-bond acceptors (Lipinski definition) is 2. The monoisotopic (exact) mass is 689 g/mol. The topological polar surface area (TPSA) is 16.4 Å². The van der Waals surface area contributed by atoms with Crippen LogP contribution in [0.25, 0.3) is 77.2 Å². The Morgan fingerprint density at radius 2 is 0.815 bits per heavy atom. The minimum atomic E-state index is 0.922. The third kappa shape index (κ3) is 5.71. The molecule has 0 N–H and O–H groups in total. The molecule has 0 amide bonds. The molecule has 54 heavy (non-hydrogen) atoms. The van der Waals surface area contributed by atoms with Gasteiger partial charge in [0, 0.05) is 27.8 Å². The van der Waals surface area contributed by atoms with Crippen molar-refractivity contribution in [2.45, 2.75) is 0 Å². The van der Waals surface area contributed by atoms with Crippen molar-refractivity contribution in [2.75, 3.05) is 4.90 Å². The van der Waals surface area contributed by atoms with E-state index >= 15 is 0 Å². The van der Waals surface area contributed by atoms with Crippen LogP contribution in [0.4, 0.5) is 17.1 Å². The Labute approximate surface area is 314 Å². The average molecular weight is 690 g/mol. The maximum Gasteiger partial charge on any atom is 0.136 e. The Balaban J connectivity index is 1.03. The van der Waals surface area contributed by atoms with Gasteiger partial charge in [0.25, 0.3) is 0 Å². The Kier molecular flexibility index (Phi) is 7.85. The van der Waals surface area contributed by atoms with Crippen LogP contribution in [0.2, 0.25) is 0 Å². The zero-order chi connectivity index (χ0) is 35.8. The third-order valence-electron chi connectivity index (χ3n) is 10.5. The number of fused-ring (bicyclic) bond motifs is 5. The summed E-state index contributed by atoms with van der Waals surface area (Å²) in [4.78, 5) is 2.32. The maximum absolute atomic E-state index is 6.18. The average Bonchev–Trinajstić information content (AvgIpc) is 3.64. The van der Waals surface area contributed by atoms with Crippen LogP contribution in [0, 0.1) is 0 Å². The maximum atomic E-state index is 6.18. The molecule has 10 aromatic rings. The Bertz CT molecular complexity index is 2890. The second-order valence-electron chi connectivity index (χ2n) is 13.7. The second-order valence-corrected chi connectivity index (χ2v) is 13.7. The molecule has 0 aliphatic carbocycles. The summed E-state index contributed by atoms with van der Waals surface area (Å²) in [6.45, 7) is 0. The molecule has 9 aromatic carbocycles. The highest BCUT2D eigenvalue weighted by Gasteiger charge is 2.16. The molecule has 1 heterocycles. The fourth-order valence-electron chi connectivity index (χ4n) is 7.81. The minimum Gasteiger partial charge on any atom is -0.456 e. The van der Waals surface area contributed by atoms with Crippen LogP contribution in [-0.2, 0) is 0 Å². The van der Waals surface area contributed by atoms with Crippen molar-refractivity contribution in [3.05, 3.63) is 212 Å². The molecule has 2 nitrogen and oxygen atoms in total. The first-order chi connectivity index (χ1) is 26.8. The summed E-state index contributed by atoms with van der Waals surface area (Å²) in [6.07, 6.45) is 0. The summed E-state index contributed by atoms with van der Waals surface area (Å²) in [5, 5.41) is 4.73. The molecule has 0 radical (unpaired) electrons. The van der Waals surface area contributed by atoms with Crippen molar-refractivity contribution in [3.8, 4) is 44.5 Å². The first-order valence-electron chi connectivity index (χ1n) is 18.4. The van der Waals surface area contributed by atoms with E-state index in [2.05, 4.69) is 205 Å². The lowest BCUT2D eigenvalue weighted by molar-refractivity contribution is 0.669. The molecule has 0 aliphatic heterocycles. The van der Waals surface area contributed by atoms with Gasteiger partial charge < -0.3 is 9.32 Å². The lowest BCUT2D eigenvalue weighted by atomic mass is 9.90. The molecule has 0 spiro atoms. The molecule has 0 saturated heterocycles. The van der Waals surface area contributed by atoms with Crippen molar-refractivity contribution < 1.29 is 4.42 Å². The smallest absolute Gasteiger partial charge is 0.136 e. The standard InChI is InChI=1S/C52H35NO/c1-4-12-36(13-5-1)37-20-27-44(28-21-37)53(43-16-8-3-9-17-43)45-29-22-39(23-30-45)46-31-24-41(35-49(46)38-14-6-2-7-15-38)40-25-32-47-42(34-40)26-33-51-52(47)48-18-10-11-19-50(48)54-51/h1-35H. The molecular weight excluding hydrogens is 655 g/mol. The molecular formula is C52H35NO. The number of benzene rings is 9. The quantitative estimate of drug-likeness (QED) is 0.166. The predicted molar refractivity (Wildman–Crippen MR) is 228 cm³/mol. The van der Waals surface area contributed by atoms with E-state index in [9.17, 15) is 0 Å². The van der Waals surface area contributed by atoms with E-state index in [1.165, 1.54) is 60.7 Å². The molecule has 0 saturated carbocycles. The molecule has 0 fully saturated rings. The van der Waals surface area contributed by atoms with Crippen molar-refractivity contribution in [1.82, 2.24) is 0 Å². The van der Waals surface area contributed by atoms with E-state index in [0.29, 0.717) is 0 Å². The fraction of sp³-hybridized carbons (Fsp3) is 0. The highest BCUT2D eigenvalue weighted by atomic mass is 16.3. The van der Waals surface area contributed by atoms with Gasteiger partial charge in [-0.2, -0.15) is 0 Å². The van der Waals surface area contributed by atoms with Gasteiger partial charge in [-0.3, -0.25) is 0 Å². The number of anilines is 3. The van der Waals surface area contributed by atoms with E-state index < -0.39 is 0 Å². The summed E-state index contributed by atoms with van der Waals surface area (Å²) >= 11 is 0. The third-order valence-corrected chi connectivity index (χ3v) is 10.5. The van der Waals surface area contributed by atoms with Crippen LogP contribution < -0.4 is 4.90 Å². The van der Waals surface area contributed by atoms with Gasteiger partial charge >= 0.3 is 0 Å². The van der Waals surface area contributed by atoms with Crippen molar-refractivity contribution in [2.24, 2.45) is 0 Å². The number of nitrogens with zero attached hydrogens (tertiary/aromatic N) is 1. The Morgan fingerprint density at radius 1 is 0.296 bits per heavy atom. The van der Waals surface area contributed by atoms with Crippen molar-refractivity contribution >= 4 is 49.8 Å². The summed E-state index contributed by atoms with van der Waals surface area (Å²) in [6, 6.07) is 75.9. The van der Waals surface area contributed by atoms with E-state index in [4.69, 9.17) is 4.42 Å².